The highest BCUT2D eigenvalue weighted by molar-refractivity contribution is 7.94. The summed E-state index contributed by atoms with van der Waals surface area (Å²) in [6.45, 7) is 0. The molecule has 150 valence electrons. The molecule has 0 unspecified atom stereocenters. The maximum Gasteiger partial charge on any atom is 0.273 e. The van der Waals surface area contributed by atoms with E-state index in [4.69, 9.17) is 5.84 Å². The lowest BCUT2D eigenvalue weighted by Crippen LogP contribution is -2.30. The molecule has 0 amide bonds. The summed E-state index contributed by atoms with van der Waals surface area (Å²) in [6, 6.07) is 12.3. The van der Waals surface area contributed by atoms with Gasteiger partial charge in [-0.15, -0.1) is 11.3 Å². The first-order chi connectivity index (χ1) is 12.9. The SMILES string of the molecule is CN=C(NN)c1ccc(NS(=O)(=O)c2cnc(-c3ccc(F)cc3)s2)cc1.N.[HH]. The number of sulfonamides is 1. The average molecular weight is 425 g/mol. The van der Waals surface area contributed by atoms with Crippen LogP contribution in [0.5, 0.6) is 0 Å². The highest BCUT2D eigenvalue weighted by atomic mass is 32.2. The van der Waals surface area contributed by atoms with Gasteiger partial charge >= 0.3 is 0 Å². The number of aromatic nitrogens is 1. The third kappa shape index (κ3) is 4.70. The fourth-order valence-electron chi connectivity index (χ4n) is 2.29. The van der Waals surface area contributed by atoms with Gasteiger partial charge in [0.15, 0.2) is 4.21 Å². The van der Waals surface area contributed by atoms with Crippen LogP contribution >= 0.6 is 11.3 Å². The third-order valence-corrected chi connectivity index (χ3v) is 6.50. The Hall–Kier alpha value is -2.86. The predicted octanol–water partition coefficient (Wildman–Crippen LogP) is 3.00. The Morgan fingerprint density at radius 1 is 1.18 bits per heavy atom. The number of anilines is 1. The molecule has 0 atom stereocenters. The molecule has 28 heavy (non-hydrogen) atoms. The summed E-state index contributed by atoms with van der Waals surface area (Å²) in [5, 5.41) is 0.489. The van der Waals surface area contributed by atoms with Crippen molar-refractivity contribution in [3.8, 4) is 10.6 Å². The van der Waals surface area contributed by atoms with Crippen molar-refractivity contribution in [1.29, 1.82) is 0 Å². The highest BCUT2D eigenvalue weighted by Crippen LogP contribution is 2.29. The van der Waals surface area contributed by atoms with Crippen molar-refractivity contribution in [2.24, 2.45) is 10.8 Å². The van der Waals surface area contributed by atoms with E-state index in [0.717, 1.165) is 16.9 Å². The van der Waals surface area contributed by atoms with Crippen LogP contribution in [0.4, 0.5) is 10.1 Å². The average Bonchev–Trinajstić information content (AvgIpc) is 3.16. The summed E-state index contributed by atoms with van der Waals surface area (Å²) < 4.78 is 40.7. The molecule has 0 aliphatic heterocycles. The summed E-state index contributed by atoms with van der Waals surface area (Å²) >= 11 is 1.00. The Morgan fingerprint density at radius 3 is 2.39 bits per heavy atom. The first-order valence-electron chi connectivity index (χ1n) is 7.71. The van der Waals surface area contributed by atoms with Crippen molar-refractivity contribution in [3.63, 3.8) is 0 Å². The maximum atomic E-state index is 13.0. The van der Waals surface area contributed by atoms with Crippen LogP contribution in [0.15, 0.2) is 63.9 Å². The van der Waals surface area contributed by atoms with E-state index in [1.165, 1.54) is 18.3 Å². The standard InChI is InChI=1S/C17H16FN5O2S2.H3N.H2/c1-20-16(22-19)11-4-8-14(9-5-11)23-27(24,25)15-10-21-17(26-15)12-2-6-13(18)7-3-12;;/h2-10,23H,19H2,1H3,(H,20,22);1H3;1H. The van der Waals surface area contributed by atoms with E-state index in [1.54, 1.807) is 43.4 Å². The second-order valence-corrected chi connectivity index (χ2v) is 8.33. The molecule has 0 saturated heterocycles. The molecule has 1 heterocycles. The minimum absolute atomic E-state index is 0. The monoisotopic (exact) mass is 424 g/mol. The number of hydrogen-bond acceptors (Lipinski definition) is 7. The molecule has 8 nitrogen and oxygen atoms in total. The molecule has 0 bridgehead atoms. The lowest BCUT2D eigenvalue weighted by molar-refractivity contribution is 0.603. The van der Waals surface area contributed by atoms with E-state index < -0.39 is 10.0 Å². The Labute approximate surface area is 167 Å². The van der Waals surface area contributed by atoms with Gasteiger partial charge in [0.05, 0.1) is 6.20 Å². The quantitative estimate of drug-likeness (QED) is 0.214. The molecule has 0 radical (unpaired) electrons. The minimum atomic E-state index is -3.79. The number of halogens is 1. The zero-order valence-electron chi connectivity index (χ0n) is 14.9. The molecule has 0 spiro atoms. The van der Waals surface area contributed by atoms with E-state index in [1.807, 2.05) is 0 Å². The maximum absolute atomic E-state index is 13.0. The topological polar surface area (TPSA) is 144 Å². The van der Waals surface area contributed by atoms with Crippen molar-refractivity contribution < 1.29 is 14.2 Å². The van der Waals surface area contributed by atoms with E-state index >= 15 is 0 Å². The van der Waals surface area contributed by atoms with Crippen LogP contribution < -0.4 is 22.1 Å². The molecule has 11 heteroatoms. The molecular weight excluding hydrogens is 403 g/mol. The Kier molecular flexibility index (Phi) is 6.80. The summed E-state index contributed by atoms with van der Waals surface area (Å²) in [7, 11) is -2.20. The number of aliphatic imine (C=N–C) groups is 1. The molecule has 0 fully saturated rings. The predicted molar refractivity (Wildman–Crippen MR) is 112 cm³/mol. The number of thiazole rings is 1. The minimum Gasteiger partial charge on any atom is -0.344 e. The molecule has 0 saturated carbocycles. The third-order valence-electron chi connectivity index (χ3n) is 3.61. The van der Waals surface area contributed by atoms with Crippen molar-refractivity contribution in [3.05, 3.63) is 66.1 Å². The van der Waals surface area contributed by atoms with E-state index in [0.29, 0.717) is 22.1 Å². The van der Waals surface area contributed by atoms with Gasteiger partial charge in [-0.25, -0.2) is 23.6 Å². The number of hydrazine groups is 1. The second-order valence-electron chi connectivity index (χ2n) is 5.39. The summed E-state index contributed by atoms with van der Waals surface area (Å²) in [4.78, 5) is 8.10. The van der Waals surface area contributed by atoms with Gasteiger partial charge in [-0.3, -0.25) is 9.71 Å². The zero-order chi connectivity index (χ0) is 19.4. The summed E-state index contributed by atoms with van der Waals surface area (Å²) in [5.74, 6) is 5.49. The van der Waals surface area contributed by atoms with Gasteiger partial charge in [0.2, 0.25) is 0 Å². The summed E-state index contributed by atoms with van der Waals surface area (Å²) in [6.07, 6.45) is 1.28. The number of benzene rings is 2. The molecule has 3 aromatic rings. The van der Waals surface area contributed by atoms with Crippen molar-refractivity contribution >= 4 is 32.9 Å². The Morgan fingerprint density at radius 2 is 1.82 bits per heavy atom. The van der Waals surface area contributed by atoms with Gasteiger partial charge in [-0.1, -0.05) is 0 Å². The number of nitrogens with one attached hydrogen (secondary N) is 2. The lowest BCUT2D eigenvalue weighted by Gasteiger charge is -2.08. The van der Waals surface area contributed by atoms with Crippen LogP contribution in [-0.2, 0) is 10.0 Å². The van der Waals surface area contributed by atoms with E-state index in [9.17, 15) is 12.8 Å². The lowest BCUT2D eigenvalue weighted by atomic mass is 10.2. The number of nitrogens with zero attached hydrogens (tertiary/aromatic N) is 2. The van der Waals surface area contributed by atoms with Crippen LogP contribution in [-0.4, -0.2) is 26.3 Å². The smallest absolute Gasteiger partial charge is 0.273 e. The van der Waals surface area contributed by atoms with E-state index in [-0.39, 0.29) is 17.6 Å². The molecule has 2 aromatic carbocycles. The largest absolute Gasteiger partial charge is 0.344 e. The zero-order valence-corrected chi connectivity index (χ0v) is 16.5. The highest BCUT2D eigenvalue weighted by Gasteiger charge is 2.19. The van der Waals surface area contributed by atoms with Crippen LogP contribution in [0.2, 0.25) is 0 Å². The van der Waals surface area contributed by atoms with Crippen molar-refractivity contribution in [1.82, 2.24) is 16.6 Å². The fourth-order valence-corrected chi connectivity index (χ4v) is 4.48. The number of hydrogen-bond donors (Lipinski definition) is 4. The van der Waals surface area contributed by atoms with Gasteiger partial charge < -0.3 is 11.6 Å². The van der Waals surface area contributed by atoms with Gasteiger partial charge in [-0.2, -0.15) is 0 Å². The van der Waals surface area contributed by atoms with Gasteiger partial charge in [0, 0.05) is 25.3 Å². The van der Waals surface area contributed by atoms with Gasteiger partial charge in [0.25, 0.3) is 10.0 Å². The molecule has 1 aromatic heterocycles. The van der Waals surface area contributed by atoms with Gasteiger partial charge in [0.1, 0.15) is 16.7 Å². The number of nitrogens with two attached hydrogens (primary N) is 1. The molecular formula is C17H21FN6O2S2. The van der Waals surface area contributed by atoms with Crippen LogP contribution in [0.1, 0.15) is 6.99 Å². The van der Waals surface area contributed by atoms with Crippen LogP contribution in [0.3, 0.4) is 0 Å². The van der Waals surface area contributed by atoms with Crippen LogP contribution in [0.25, 0.3) is 10.6 Å². The first kappa shape index (κ1) is 21.4. The first-order valence-corrected chi connectivity index (χ1v) is 10.0. The molecule has 3 rings (SSSR count). The van der Waals surface area contributed by atoms with E-state index in [2.05, 4.69) is 20.1 Å². The molecule has 0 aliphatic rings. The Balaban J connectivity index is 0.00000210. The van der Waals surface area contributed by atoms with Crippen molar-refractivity contribution in [2.45, 2.75) is 4.21 Å². The fraction of sp³-hybridized carbons (Fsp3) is 0.0588. The Bertz CT molecular complexity index is 1070. The van der Waals surface area contributed by atoms with Crippen molar-refractivity contribution in [2.75, 3.05) is 11.8 Å². The molecule has 0 aliphatic carbocycles. The number of amidine groups is 1. The summed E-state index contributed by atoms with van der Waals surface area (Å²) in [5.41, 5.74) is 4.22. The number of rotatable bonds is 5. The molecule has 7 N–H and O–H groups in total. The van der Waals surface area contributed by atoms with Crippen LogP contribution in [0, 0.1) is 5.82 Å². The normalized spacial score (nSPS) is 11.6. The second kappa shape index (κ2) is 8.89. The van der Waals surface area contributed by atoms with Gasteiger partial charge in [-0.05, 0) is 48.5 Å².